The van der Waals surface area contributed by atoms with Gasteiger partial charge in [-0.2, -0.15) is 0 Å². The lowest BCUT2D eigenvalue weighted by Crippen LogP contribution is -2.02. The van der Waals surface area contributed by atoms with Gasteiger partial charge in [-0.15, -0.1) is 0 Å². The lowest BCUT2D eigenvalue weighted by molar-refractivity contribution is 0.148. The molecule has 1 unspecified atom stereocenters. The highest BCUT2D eigenvalue weighted by Crippen LogP contribution is 2.35. The first-order valence-corrected chi connectivity index (χ1v) is 6.70. The summed E-state index contributed by atoms with van der Waals surface area (Å²) in [7, 11) is 0. The van der Waals surface area contributed by atoms with E-state index >= 15 is 0 Å². The lowest BCUT2D eigenvalue weighted by Gasteiger charge is -2.12. The van der Waals surface area contributed by atoms with E-state index in [4.69, 9.17) is 20.8 Å². The Balaban J connectivity index is 1.87. The van der Waals surface area contributed by atoms with Crippen molar-refractivity contribution in [1.29, 1.82) is 0 Å². The van der Waals surface area contributed by atoms with E-state index in [2.05, 4.69) is 0 Å². The number of hydrogen-bond donors (Lipinski definition) is 1. The Morgan fingerprint density at radius 2 is 2.21 bits per heavy atom. The van der Waals surface area contributed by atoms with E-state index in [9.17, 15) is 5.11 Å². The summed E-state index contributed by atoms with van der Waals surface area (Å²) in [6, 6.07) is 7.42. The van der Waals surface area contributed by atoms with Gasteiger partial charge in [0, 0.05) is 17.9 Å². The molecule has 0 amide bonds. The van der Waals surface area contributed by atoms with Crippen LogP contribution in [0.25, 0.3) is 0 Å². The lowest BCUT2D eigenvalue weighted by atomic mass is 10.0. The summed E-state index contributed by atoms with van der Waals surface area (Å²) < 4.78 is 11.1. The van der Waals surface area contributed by atoms with Gasteiger partial charge < -0.3 is 14.3 Å². The Hall–Kier alpha value is -1.45. The maximum atomic E-state index is 10.2. The summed E-state index contributed by atoms with van der Waals surface area (Å²) in [5.41, 5.74) is 2.05. The van der Waals surface area contributed by atoms with Crippen LogP contribution in [0.2, 0.25) is 5.02 Å². The van der Waals surface area contributed by atoms with Gasteiger partial charge >= 0.3 is 0 Å². The number of halogens is 1. The van der Waals surface area contributed by atoms with Crippen LogP contribution >= 0.6 is 11.6 Å². The zero-order valence-corrected chi connectivity index (χ0v) is 11.4. The number of rotatable bonds is 3. The SMILES string of the molecule is Cc1ccc(C(O)Cc2cc(Cl)cc3c2OCC3)o1. The van der Waals surface area contributed by atoms with Crippen molar-refractivity contribution >= 4 is 11.6 Å². The van der Waals surface area contributed by atoms with Gasteiger partial charge in [0.2, 0.25) is 0 Å². The fourth-order valence-corrected chi connectivity index (χ4v) is 2.70. The summed E-state index contributed by atoms with van der Waals surface area (Å²) in [4.78, 5) is 0. The number of aliphatic hydroxyl groups is 1. The minimum absolute atomic E-state index is 0.440. The second-order valence-corrected chi connectivity index (χ2v) is 5.26. The van der Waals surface area contributed by atoms with Gasteiger partial charge in [-0.1, -0.05) is 11.6 Å². The summed E-state index contributed by atoms with van der Waals surface area (Å²) in [5, 5.41) is 10.9. The van der Waals surface area contributed by atoms with Crippen molar-refractivity contribution in [3.63, 3.8) is 0 Å². The van der Waals surface area contributed by atoms with E-state index in [1.165, 1.54) is 0 Å². The van der Waals surface area contributed by atoms with Crippen LogP contribution < -0.4 is 4.74 Å². The smallest absolute Gasteiger partial charge is 0.132 e. The largest absolute Gasteiger partial charge is 0.493 e. The average Bonchev–Trinajstić information content (AvgIpc) is 2.97. The van der Waals surface area contributed by atoms with Crippen molar-refractivity contribution < 1.29 is 14.3 Å². The number of fused-ring (bicyclic) bond motifs is 1. The van der Waals surface area contributed by atoms with E-state index in [0.717, 1.165) is 29.1 Å². The fraction of sp³-hybridized carbons (Fsp3) is 0.333. The highest BCUT2D eigenvalue weighted by Gasteiger charge is 2.21. The first-order chi connectivity index (χ1) is 9.13. The van der Waals surface area contributed by atoms with E-state index in [0.29, 0.717) is 23.8 Å². The standard InChI is InChI=1S/C15H15ClO3/c1-9-2-3-14(19-9)13(17)8-11-7-12(16)6-10-4-5-18-15(10)11/h2-3,6-7,13,17H,4-5,8H2,1H3. The average molecular weight is 279 g/mol. The Bertz CT molecular complexity index is 603. The molecule has 3 rings (SSSR count). The molecule has 1 aliphatic heterocycles. The van der Waals surface area contributed by atoms with Crippen LogP contribution in [0.1, 0.15) is 28.8 Å². The molecule has 1 aromatic heterocycles. The Morgan fingerprint density at radius 3 is 2.95 bits per heavy atom. The monoisotopic (exact) mass is 278 g/mol. The molecule has 1 atom stereocenters. The van der Waals surface area contributed by atoms with Crippen molar-refractivity contribution in [3.05, 3.63) is 51.9 Å². The predicted octanol–water partition coefficient (Wildman–Crippen LogP) is 3.45. The molecule has 0 saturated carbocycles. The van der Waals surface area contributed by atoms with Gasteiger partial charge in [-0.25, -0.2) is 0 Å². The summed E-state index contributed by atoms with van der Waals surface area (Å²) in [6.45, 7) is 2.54. The van der Waals surface area contributed by atoms with Crippen LogP contribution in [0.5, 0.6) is 5.75 Å². The molecule has 2 heterocycles. The molecular weight excluding hydrogens is 264 g/mol. The molecule has 0 radical (unpaired) electrons. The zero-order valence-electron chi connectivity index (χ0n) is 10.6. The van der Waals surface area contributed by atoms with Gasteiger partial charge in [0.1, 0.15) is 23.4 Å². The second kappa shape index (κ2) is 4.91. The summed E-state index contributed by atoms with van der Waals surface area (Å²) >= 11 is 6.10. The molecule has 3 nitrogen and oxygen atoms in total. The summed E-state index contributed by atoms with van der Waals surface area (Å²) in [6.07, 6.45) is 0.634. The van der Waals surface area contributed by atoms with Crippen LogP contribution in [0.3, 0.4) is 0 Å². The van der Waals surface area contributed by atoms with Crippen LogP contribution in [-0.2, 0) is 12.8 Å². The maximum Gasteiger partial charge on any atom is 0.132 e. The number of ether oxygens (including phenoxy) is 1. The van der Waals surface area contributed by atoms with Crippen molar-refractivity contribution in [3.8, 4) is 5.75 Å². The van der Waals surface area contributed by atoms with Crippen LogP contribution in [0.15, 0.2) is 28.7 Å². The molecule has 0 spiro atoms. The predicted molar refractivity (Wildman–Crippen MR) is 72.8 cm³/mol. The van der Waals surface area contributed by atoms with Crippen molar-refractivity contribution in [2.24, 2.45) is 0 Å². The number of benzene rings is 1. The van der Waals surface area contributed by atoms with Gasteiger partial charge in [0.05, 0.1) is 6.61 Å². The first kappa shape index (κ1) is 12.6. The second-order valence-electron chi connectivity index (χ2n) is 4.82. The molecule has 1 aliphatic rings. The van der Waals surface area contributed by atoms with Crippen molar-refractivity contribution in [2.45, 2.75) is 25.9 Å². The number of aliphatic hydroxyl groups excluding tert-OH is 1. The molecule has 19 heavy (non-hydrogen) atoms. The minimum Gasteiger partial charge on any atom is -0.493 e. The molecule has 2 aromatic rings. The Morgan fingerprint density at radius 1 is 1.37 bits per heavy atom. The van der Waals surface area contributed by atoms with Gasteiger partial charge in [-0.05, 0) is 42.3 Å². The molecule has 1 aromatic carbocycles. The molecule has 1 N–H and O–H groups in total. The van der Waals surface area contributed by atoms with Gasteiger partial charge in [0.15, 0.2) is 0 Å². The highest BCUT2D eigenvalue weighted by molar-refractivity contribution is 6.30. The normalized spacial score (nSPS) is 15.1. The summed E-state index contributed by atoms with van der Waals surface area (Å²) in [5.74, 6) is 2.23. The van der Waals surface area contributed by atoms with E-state index in [1.807, 2.05) is 25.1 Å². The van der Waals surface area contributed by atoms with Gasteiger partial charge in [-0.3, -0.25) is 0 Å². The fourth-order valence-electron chi connectivity index (χ4n) is 2.44. The molecule has 100 valence electrons. The third kappa shape index (κ3) is 2.48. The Labute approximate surface area is 116 Å². The third-order valence-electron chi connectivity index (χ3n) is 3.33. The highest BCUT2D eigenvalue weighted by atomic mass is 35.5. The van der Waals surface area contributed by atoms with Gasteiger partial charge in [0.25, 0.3) is 0 Å². The third-order valence-corrected chi connectivity index (χ3v) is 3.55. The topological polar surface area (TPSA) is 42.6 Å². The van der Waals surface area contributed by atoms with E-state index in [-0.39, 0.29) is 0 Å². The van der Waals surface area contributed by atoms with E-state index < -0.39 is 6.10 Å². The van der Waals surface area contributed by atoms with Crippen molar-refractivity contribution in [1.82, 2.24) is 0 Å². The number of hydrogen-bond acceptors (Lipinski definition) is 3. The molecule has 0 bridgehead atoms. The van der Waals surface area contributed by atoms with Crippen LogP contribution in [0, 0.1) is 6.92 Å². The van der Waals surface area contributed by atoms with Crippen LogP contribution in [-0.4, -0.2) is 11.7 Å². The number of furan rings is 1. The van der Waals surface area contributed by atoms with E-state index in [1.54, 1.807) is 6.07 Å². The van der Waals surface area contributed by atoms with Crippen LogP contribution in [0.4, 0.5) is 0 Å². The Kier molecular flexibility index (Phi) is 3.25. The first-order valence-electron chi connectivity index (χ1n) is 6.32. The molecule has 0 aliphatic carbocycles. The minimum atomic E-state index is -0.680. The molecular formula is C15H15ClO3. The molecule has 0 fully saturated rings. The molecule has 4 heteroatoms. The quantitative estimate of drug-likeness (QED) is 0.935. The maximum absolute atomic E-state index is 10.2. The van der Waals surface area contributed by atoms with Crippen molar-refractivity contribution in [2.75, 3.05) is 6.61 Å². The zero-order chi connectivity index (χ0) is 13.4. The number of aryl methyl sites for hydroxylation is 1. The molecule has 0 saturated heterocycles.